The summed E-state index contributed by atoms with van der Waals surface area (Å²) in [5.74, 6) is 0. The summed E-state index contributed by atoms with van der Waals surface area (Å²) in [4.78, 5) is 2.25. The highest BCUT2D eigenvalue weighted by molar-refractivity contribution is 7.80. The number of aromatic nitrogens is 3. The van der Waals surface area contributed by atoms with Crippen LogP contribution in [0.5, 0.6) is 0 Å². The lowest BCUT2D eigenvalue weighted by atomic mass is 10.3. The maximum atomic E-state index is 5.64. The molecule has 0 saturated heterocycles. The largest absolute Gasteiger partial charge is 0.347 e. The number of thiocarbonyl (C=S) groups is 1. The van der Waals surface area contributed by atoms with E-state index in [1.54, 1.807) is 4.68 Å². The second kappa shape index (κ2) is 7.33. The van der Waals surface area contributed by atoms with Gasteiger partial charge in [-0.15, -0.1) is 5.10 Å². The second-order valence-corrected chi connectivity index (χ2v) is 5.33. The predicted molar refractivity (Wildman–Crippen MR) is 86.9 cm³/mol. The van der Waals surface area contributed by atoms with Crippen LogP contribution in [-0.2, 0) is 0 Å². The molecular formula is C15H22N4S. The number of rotatable bonds is 6. The first-order chi connectivity index (χ1) is 9.77. The molecule has 0 N–H and O–H groups in total. The molecule has 1 aromatic carbocycles. The number of nitrogens with zero attached hydrogens (tertiary/aromatic N) is 4. The highest BCUT2D eigenvalue weighted by Crippen LogP contribution is 2.12. The topological polar surface area (TPSA) is 34.0 Å². The molecule has 0 aliphatic carbocycles. The van der Waals surface area contributed by atoms with E-state index in [0.717, 1.165) is 42.1 Å². The fourth-order valence-electron chi connectivity index (χ4n) is 2.15. The van der Waals surface area contributed by atoms with Crippen LogP contribution in [0.1, 0.15) is 39.5 Å². The lowest BCUT2D eigenvalue weighted by molar-refractivity contribution is 0.391. The van der Waals surface area contributed by atoms with Gasteiger partial charge in [0.25, 0.3) is 0 Å². The Balaban J connectivity index is 2.21. The first-order valence-electron chi connectivity index (χ1n) is 7.37. The molecule has 5 heteroatoms. The second-order valence-electron chi connectivity index (χ2n) is 4.97. The standard InChI is InChI=1S/C15H22N4S/c1-3-5-11-18(12-6-4-2)15(20)19-14-10-8-7-9-13(14)16-17-19/h7-10H,3-6,11-12H2,1-2H3. The van der Waals surface area contributed by atoms with Gasteiger partial charge < -0.3 is 4.90 Å². The number of para-hydroxylation sites is 1. The lowest BCUT2D eigenvalue weighted by Gasteiger charge is -2.24. The molecule has 1 aromatic heterocycles. The van der Waals surface area contributed by atoms with Crippen LogP contribution in [0.3, 0.4) is 0 Å². The van der Waals surface area contributed by atoms with E-state index in [4.69, 9.17) is 12.2 Å². The summed E-state index contributed by atoms with van der Waals surface area (Å²) in [6, 6.07) is 7.94. The molecule has 0 spiro atoms. The van der Waals surface area contributed by atoms with Crippen LogP contribution >= 0.6 is 12.2 Å². The van der Waals surface area contributed by atoms with Crippen LogP contribution < -0.4 is 0 Å². The van der Waals surface area contributed by atoms with Gasteiger partial charge >= 0.3 is 0 Å². The van der Waals surface area contributed by atoms with Crippen LogP contribution in [0.25, 0.3) is 11.0 Å². The van der Waals surface area contributed by atoms with Crippen LogP contribution in [0, 0.1) is 0 Å². The Kier molecular flexibility index (Phi) is 5.47. The summed E-state index contributed by atoms with van der Waals surface area (Å²) < 4.78 is 1.79. The Morgan fingerprint density at radius 3 is 2.45 bits per heavy atom. The minimum absolute atomic E-state index is 0.764. The van der Waals surface area contributed by atoms with Gasteiger partial charge in [-0.1, -0.05) is 44.0 Å². The van der Waals surface area contributed by atoms with E-state index >= 15 is 0 Å². The number of unbranched alkanes of at least 4 members (excludes halogenated alkanes) is 2. The molecule has 108 valence electrons. The van der Waals surface area contributed by atoms with E-state index in [0.29, 0.717) is 0 Å². The van der Waals surface area contributed by atoms with E-state index in [1.807, 2.05) is 24.3 Å². The molecule has 0 aliphatic heterocycles. The molecule has 2 aromatic rings. The number of fused-ring (bicyclic) bond motifs is 1. The average Bonchev–Trinajstić information content (AvgIpc) is 2.91. The van der Waals surface area contributed by atoms with Gasteiger partial charge in [0, 0.05) is 13.1 Å². The Morgan fingerprint density at radius 1 is 1.15 bits per heavy atom. The fourth-order valence-corrected chi connectivity index (χ4v) is 2.46. The van der Waals surface area contributed by atoms with Crippen molar-refractivity contribution >= 4 is 28.4 Å². The van der Waals surface area contributed by atoms with Crippen molar-refractivity contribution in [3.8, 4) is 0 Å². The van der Waals surface area contributed by atoms with Crippen LogP contribution in [0.2, 0.25) is 0 Å². The SMILES string of the molecule is CCCCN(CCCC)C(=S)n1nnc2ccccc21. The molecule has 0 bridgehead atoms. The third kappa shape index (κ3) is 3.33. The quantitative estimate of drug-likeness (QED) is 0.763. The molecule has 0 unspecified atom stereocenters. The van der Waals surface area contributed by atoms with Crippen LogP contribution in [0.15, 0.2) is 24.3 Å². The predicted octanol–water partition coefficient (Wildman–Crippen LogP) is 3.47. The minimum Gasteiger partial charge on any atom is -0.347 e. The summed E-state index contributed by atoms with van der Waals surface area (Å²) in [6.07, 6.45) is 4.64. The molecular weight excluding hydrogens is 268 g/mol. The van der Waals surface area contributed by atoms with Crippen molar-refractivity contribution in [1.29, 1.82) is 0 Å². The number of hydrogen-bond donors (Lipinski definition) is 0. The Morgan fingerprint density at radius 2 is 1.80 bits per heavy atom. The molecule has 0 aliphatic rings. The van der Waals surface area contributed by atoms with E-state index in [-0.39, 0.29) is 0 Å². The van der Waals surface area contributed by atoms with Gasteiger partial charge in [0.2, 0.25) is 0 Å². The van der Waals surface area contributed by atoms with E-state index in [2.05, 4.69) is 29.1 Å². The first kappa shape index (κ1) is 14.9. The first-order valence-corrected chi connectivity index (χ1v) is 7.78. The molecule has 0 fully saturated rings. The van der Waals surface area contributed by atoms with Gasteiger partial charge in [0.1, 0.15) is 5.52 Å². The highest BCUT2D eigenvalue weighted by Gasteiger charge is 2.14. The smallest absolute Gasteiger partial charge is 0.198 e. The van der Waals surface area contributed by atoms with Crippen molar-refractivity contribution < 1.29 is 0 Å². The highest BCUT2D eigenvalue weighted by atomic mass is 32.1. The molecule has 20 heavy (non-hydrogen) atoms. The van der Waals surface area contributed by atoms with Gasteiger partial charge in [0.05, 0.1) is 5.52 Å². The molecule has 0 radical (unpaired) electrons. The zero-order valence-electron chi connectivity index (χ0n) is 12.2. The fraction of sp³-hybridized carbons (Fsp3) is 0.533. The van der Waals surface area contributed by atoms with Gasteiger partial charge in [-0.05, 0) is 37.2 Å². The van der Waals surface area contributed by atoms with Crippen molar-refractivity contribution in [2.75, 3.05) is 13.1 Å². The van der Waals surface area contributed by atoms with Crippen molar-refractivity contribution in [2.45, 2.75) is 39.5 Å². The van der Waals surface area contributed by atoms with Gasteiger partial charge in [0.15, 0.2) is 5.11 Å². The monoisotopic (exact) mass is 290 g/mol. The van der Waals surface area contributed by atoms with Crippen LogP contribution in [0.4, 0.5) is 0 Å². The lowest BCUT2D eigenvalue weighted by Crippen LogP contribution is -2.36. The van der Waals surface area contributed by atoms with Gasteiger partial charge in [-0.3, -0.25) is 0 Å². The zero-order chi connectivity index (χ0) is 14.4. The van der Waals surface area contributed by atoms with Crippen molar-refractivity contribution in [3.63, 3.8) is 0 Å². The van der Waals surface area contributed by atoms with E-state index in [9.17, 15) is 0 Å². The molecule has 4 nitrogen and oxygen atoms in total. The van der Waals surface area contributed by atoms with Crippen molar-refractivity contribution in [3.05, 3.63) is 24.3 Å². The third-order valence-corrected chi connectivity index (χ3v) is 3.80. The summed E-state index contributed by atoms with van der Waals surface area (Å²) in [5, 5.41) is 9.16. The Bertz CT molecular complexity index is 556. The minimum atomic E-state index is 0.764. The zero-order valence-corrected chi connectivity index (χ0v) is 13.1. The van der Waals surface area contributed by atoms with Gasteiger partial charge in [-0.25, -0.2) is 0 Å². The molecule has 2 rings (SSSR count). The summed E-state index contributed by atoms with van der Waals surface area (Å²) in [5.41, 5.74) is 1.87. The van der Waals surface area contributed by atoms with Crippen molar-refractivity contribution in [1.82, 2.24) is 19.9 Å². The molecule has 0 amide bonds. The van der Waals surface area contributed by atoms with E-state index in [1.165, 1.54) is 12.8 Å². The van der Waals surface area contributed by atoms with Crippen molar-refractivity contribution in [2.24, 2.45) is 0 Å². The van der Waals surface area contributed by atoms with Crippen LogP contribution in [-0.4, -0.2) is 38.1 Å². The summed E-state index contributed by atoms with van der Waals surface area (Å²) in [6.45, 7) is 6.38. The van der Waals surface area contributed by atoms with Gasteiger partial charge in [-0.2, -0.15) is 4.68 Å². The molecule has 1 heterocycles. The molecule has 0 atom stereocenters. The normalized spacial score (nSPS) is 10.9. The summed E-state index contributed by atoms with van der Waals surface area (Å²) in [7, 11) is 0. The maximum absolute atomic E-state index is 5.64. The number of hydrogen-bond acceptors (Lipinski definition) is 3. The average molecular weight is 290 g/mol. The maximum Gasteiger partial charge on any atom is 0.198 e. The van der Waals surface area contributed by atoms with E-state index < -0.39 is 0 Å². The number of benzene rings is 1. The Hall–Kier alpha value is -1.49. The summed E-state index contributed by atoms with van der Waals surface area (Å²) >= 11 is 5.64. The Labute approximate surface area is 125 Å². The third-order valence-electron chi connectivity index (χ3n) is 3.37. The molecule has 0 saturated carbocycles.